The number of aromatic nitrogens is 1. The molecule has 0 aliphatic carbocycles. The lowest BCUT2D eigenvalue weighted by atomic mass is 10.1. The van der Waals surface area contributed by atoms with Crippen LogP contribution in [0.25, 0.3) is 21.5 Å². The van der Waals surface area contributed by atoms with Crippen LogP contribution < -0.4 is 0 Å². The minimum atomic E-state index is -4.50. The third-order valence-corrected chi connectivity index (χ3v) is 4.23. The molecule has 0 saturated heterocycles. The molecular weight excluding hydrogens is 327 g/mol. The summed E-state index contributed by atoms with van der Waals surface area (Å²) >= 11 is 6.36. The Morgan fingerprint density at radius 1 is 1.38 bits per heavy atom. The van der Waals surface area contributed by atoms with Crippen molar-refractivity contribution in [2.24, 2.45) is 0 Å². The fraction of sp³-hybridized carbons (Fsp3) is 0.0769. The molecule has 3 heterocycles. The molecule has 3 aromatic rings. The minimum absolute atomic E-state index is 0.105. The van der Waals surface area contributed by atoms with E-state index in [0.29, 0.717) is 11.3 Å². The summed E-state index contributed by atoms with van der Waals surface area (Å²) in [4.78, 5) is 15.4. The fourth-order valence-corrected chi connectivity index (χ4v) is 3.17. The zero-order valence-electron chi connectivity index (χ0n) is 10.1. The Morgan fingerprint density at radius 3 is 2.71 bits per heavy atom. The molecule has 0 amide bonds. The summed E-state index contributed by atoms with van der Waals surface area (Å²) in [6.07, 6.45) is -2.38. The van der Waals surface area contributed by atoms with Gasteiger partial charge in [0.25, 0.3) is 5.24 Å². The van der Waals surface area contributed by atoms with E-state index >= 15 is 0 Å². The second-order valence-corrected chi connectivity index (χ2v) is 5.52. The van der Waals surface area contributed by atoms with E-state index in [2.05, 4.69) is 4.98 Å². The first-order chi connectivity index (χ1) is 9.88. The van der Waals surface area contributed by atoms with Gasteiger partial charge in [0, 0.05) is 6.20 Å². The molecule has 0 saturated carbocycles. The molecule has 3 nitrogen and oxygen atoms in total. The van der Waals surface area contributed by atoms with Gasteiger partial charge in [-0.25, -0.2) is 0 Å². The normalized spacial score (nSPS) is 12.0. The maximum atomic E-state index is 12.7. The smallest absolute Gasteiger partial charge is 0.417 e. The monoisotopic (exact) mass is 331 g/mol. The van der Waals surface area contributed by atoms with Crippen molar-refractivity contribution < 1.29 is 22.4 Å². The van der Waals surface area contributed by atoms with Crippen LogP contribution in [-0.4, -0.2) is 10.2 Å². The summed E-state index contributed by atoms with van der Waals surface area (Å²) in [5, 5.41) is -0.766. The van der Waals surface area contributed by atoms with Gasteiger partial charge in [-0.15, -0.1) is 11.3 Å². The molecule has 0 aromatic carbocycles. The SMILES string of the molecule is O=C(Cl)c1sc2cc(C(F)(F)F)cnc2c1-c1ccco1. The average Bonchev–Trinajstić information content (AvgIpc) is 3.03. The number of furan rings is 1. The van der Waals surface area contributed by atoms with Crippen LogP contribution in [0.4, 0.5) is 13.2 Å². The summed E-state index contributed by atoms with van der Waals surface area (Å²) in [7, 11) is 0. The number of alkyl halides is 3. The van der Waals surface area contributed by atoms with E-state index < -0.39 is 17.0 Å². The van der Waals surface area contributed by atoms with Crippen LogP contribution in [0, 0.1) is 0 Å². The Balaban J connectivity index is 2.31. The summed E-state index contributed by atoms with van der Waals surface area (Å²) in [5.41, 5.74) is -0.309. The molecule has 21 heavy (non-hydrogen) atoms. The largest absolute Gasteiger partial charge is 0.464 e. The molecule has 0 atom stereocenters. The number of hydrogen-bond acceptors (Lipinski definition) is 4. The first-order valence-corrected chi connectivity index (χ1v) is 6.81. The summed E-state index contributed by atoms with van der Waals surface area (Å²) < 4.78 is 43.6. The fourth-order valence-electron chi connectivity index (χ4n) is 1.92. The van der Waals surface area contributed by atoms with E-state index in [0.717, 1.165) is 23.6 Å². The Bertz CT molecular complexity index is 824. The maximum Gasteiger partial charge on any atom is 0.417 e. The van der Waals surface area contributed by atoms with Crippen LogP contribution in [-0.2, 0) is 6.18 Å². The van der Waals surface area contributed by atoms with Crippen molar-refractivity contribution in [2.45, 2.75) is 6.18 Å². The Kier molecular flexibility index (Phi) is 3.26. The number of hydrogen-bond donors (Lipinski definition) is 0. The minimum Gasteiger partial charge on any atom is -0.464 e. The van der Waals surface area contributed by atoms with E-state index in [4.69, 9.17) is 16.0 Å². The van der Waals surface area contributed by atoms with E-state index in [1.165, 1.54) is 6.26 Å². The molecule has 0 N–H and O–H groups in total. The third-order valence-electron chi connectivity index (χ3n) is 2.80. The quantitative estimate of drug-likeness (QED) is 0.624. The van der Waals surface area contributed by atoms with Gasteiger partial charge in [-0.2, -0.15) is 13.2 Å². The molecule has 0 aliphatic heterocycles. The standard InChI is InChI=1S/C13H5ClF3NO2S/c14-12(19)11-9(7-2-1-3-20-7)10-8(21-11)4-6(5-18-10)13(15,16)17/h1-5H. The lowest BCUT2D eigenvalue weighted by Crippen LogP contribution is -2.04. The number of carbonyl (C=O) groups excluding carboxylic acids is 1. The number of thiophene rings is 1. The highest BCUT2D eigenvalue weighted by atomic mass is 35.5. The number of halogens is 4. The first-order valence-electron chi connectivity index (χ1n) is 5.61. The predicted octanol–water partition coefficient (Wildman–Crippen LogP) is 4.95. The molecule has 0 radical (unpaired) electrons. The van der Waals surface area contributed by atoms with E-state index in [1.807, 2.05) is 0 Å². The van der Waals surface area contributed by atoms with Crippen molar-refractivity contribution >= 4 is 38.4 Å². The van der Waals surface area contributed by atoms with Gasteiger partial charge < -0.3 is 4.42 Å². The molecule has 0 aliphatic rings. The summed E-state index contributed by atoms with van der Waals surface area (Å²) in [6.45, 7) is 0. The Morgan fingerprint density at radius 2 is 2.14 bits per heavy atom. The molecule has 0 fully saturated rings. The van der Waals surface area contributed by atoms with Gasteiger partial charge in [0.05, 0.1) is 27.6 Å². The van der Waals surface area contributed by atoms with E-state index in [1.54, 1.807) is 12.1 Å². The van der Waals surface area contributed by atoms with Crippen molar-refractivity contribution in [3.8, 4) is 11.3 Å². The van der Waals surface area contributed by atoms with Crippen LogP contribution in [0.5, 0.6) is 0 Å². The van der Waals surface area contributed by atoms with Gasteiger partial charge in [-0.05, 0) is 29.8 Å². The molecular formula is C13H5ClF3NO2S. The van der Waals surface area contributed by atoms with Crippen molar-refractivity contribution in [3.05, 3.63) is 41.1 Å². The van der Waals surface area contributed by atoms with Crippen molar-refractivity contribution in [1.82, 2.24) is 4.98 Å². The second-order valence-electron chi connectivity index (χ2n) is 4.13. The molecule has 3 rings (SSSR count). The van der Waals surface area contributed by atoms with Crippen molar-refractivity contribution in [2.75, 3.05) is 0 Å². The van der Waals surface area contributed by atoms with Crippen LogP contribution in [0.1, 0.15) is 15.2 Å². The summed E-state index contributed by atoms with van der Waals surface area (Å²) in [5.74, 6) is 0.331. The molecule has 0 spiro atoms. The highest BCUT2D eigenvalue weighted by molar-refractivity contribution is 7.22. The van der Waals surface area contributed by atoms with Crippen LogP contribution in [0.2, 0.25) is 0 Å². The summed E-state index contributed by atoms with van der Waals surface area (Å²) in [6, 6.07) is 4.14. The molecule has 3 aromatic heterocycles. The topological polar surface area (TPSA) is 43.1 Å². The van der Waals surface area contributed by atoms with E-state index in [9.17, 15) is 18.0 Å². The number of carbonyl (C=O) groups is 1. The highest BCUT2D eigenvalue weighted by Gasteiger charge is 2.32. The second kappa shape index (κ2) is 4.85. The lowest BCUT2D eigenvalue weighted by Gasteiger charge is -2.05. The number of pyridine rings is 1. The number of fused-ring (bicyclic) bond motifs is 1. The van der Waals surface area contributed by atoms with Gasteiger partial charge in [0.1, 0.15) is 10.6 Å². The molecule has 0 bridgehead atoms. The highest BCUT2D eigenvalue weighted by Crippen LogP contribution is 2.40. The van der Waals surface area contributed by atoms with Gasteiger partial charge in [0.15, 0.2) is 0 Å². The van der Waals surface area contributed by atoms with Crippen LogP contribution in [0.15, 0.2) is 35.1 Å². The molecule has 0 unspecified atom stereocenters. The Hall–Kier alpha value is -1.86. The maximum absolute atomic E-state index is 12.7. The van der Waals surface area contributed by atoms with Crippen molar-refractivity contribution in [1.29, 1.82) is 0 Å². The average molecular weight is 332 g/mol. The number of nitrogens with zero attached hydrogens (tertiary/aromatic N) is 1. The molecule has 108 valence electrons. The van der Waals surface area contributed by atoms with Crippen LogP contribution in [0.3, 0.4) is 0 Å². The zero-order chi connectivity index (χ0) is 15.2. The van der Waals surface area contributed by atoms with Gasteiger partial charge in [-0.3, -0.25) is 9.78 Å². The first kappa shape index (κ1) is 14.1. The van der Waals surface area contributed by atoms with E-state index in [-0.39, 0.29) is 15.1 Å². The third kappa shape index (κ3) is 2.43. The van der Waals surface area contributed by atoms with Gasteiger partial charge in [0.2, 0.25) is 0 Å². The Labute approximate surface area is 125 Å². The number of rotatable bonds is 2. The van der Waals surface area contributed by atoms with Gasteiger partial charge >= 0.3 is 6.18 Å². The van der Waals surface area contributed by atoms with Crippen molar-refractivity contribution in [3.63, 3.8) is 0 Å². The predicted molar refractivity (Wildman–Crippen MR) is 72.5 cm³/mol. The zero-order valence-corrected chi connectivity index (χ0v) is 11.6. The van der Waals surface area contributed by atoms with Crippen LogP contribution >= 0.6 is 22.9 Å². The molecule has 8 heteroatoms. The van der Waals surface area contributed by atoms with Gasteiger partial charge in [-0.1, -0.05) is 0 Å². The lowest BCUT2D eigenvalue weighted by molar-refractivity contribution is -0.137.